The lowest BCUT2D eigenvalue weighted by Gasteiger charge is -2.34. The molecule has 0 aliphatic heterocycles. The molecule has 1 heterocycles. The molecule has 1 fully saturated rings. The molecule has 0 spiro atoms. The topological polar surface area (TPSA) is 29.9 Å². The molecule has 1 aliphatic rings. The second-order valence-corrected chi connectivity index (χ2v) is 5.90. The Morgan fingerprint density at radius 1 is 1.39 bits per heavy atom. The Hall–Kier alpha value is -0.830. The number of nitrogens with zero attached hydrogens (tertiary/aromatic N) is 2. The normalized spacial score (nSPS) is 28.5. The van der Waals surface area contributed by atoms with Crippen molar-refractivity contribution in [2.45, 2.75) is 46.1 Å². The minimum atomic E-state index is 0.829. The summed E-state index contributed by atoms with van der Waals surface area (Å²) in [6, 6.07) is 0. The fourth-order valence-corrected chi connectivity index (χ4v) is 3.33. The zero-order chi connectivity index (χ0) is 13.0. The summed E-state index contributed by atoms with van der Waals surface area (Å²) in [6.45, 7) is 6.68. The van der Waals surface area contributed by atoms with Crippen LogP contribution in [0.25, 0.3) is 0 Å². The highest BCUT2D eigenvalue weighted by molar-refractivity contribution is 5.06. The maximum atomic E-state index is 4.39. The van der Waals surface area contributed by atoms with Gasteiger partial charge in [0, 0.05) is 12.7 Å². The highest BCUT2D eigenvalue weighted by Gasteiger charge is 2.28. The SMILES string of the molecule is CCn1cc(CC2CC(C)CCC2CNC)cn1. The molecule has 0 bridgehead atoms. The third-order valence-corrected chi connectivity index (χ3v) is 4.38. The summed E-state index contributed by atoms with van der Waals surface area (Å²) >= 11 is 0. The van der Waals surface area contributed by atoms with Crippen molar-refractivity contribution in [3.8, 4) is 0 Å². The Bertz CT molecular complexity index is 358. The van der Waals surface area contributed by atoms with Gasteiger partial charge in [-0.2, -0.15) is 5.10 Å². The third-order valence-electron chi connectivity index (χ3n) is 4.38. The van der Waals surface area contributed by atoms with Crippen molar-refractivity contribution in [2.75, 3.05) is 13.6 Å². The maximum Gasteiger partial charge on any atom is 0.0521 e. The molecule has 2 rings (SSSR count). The molecule has 3 nitrogen and oxygen atoms in total. The Morgan fingerprint density at radius 2 is 2.22 bits per heavy atom. The van der Waals surface area contributed by atoms with Gasteiger partial charge < -0.3 is 5.32 Å². The average molecular weight is 249 g/mol. The molecule has 102 valence electrons. The number of nitrogens with one attached hydrogen (secondary N) is 1. The molecule has 0 radical (unpaired) electrons. The van der Waals surface area contributed by atoms with E-state index in [1.165, 1.54) is 37.8 Å². The Morgan fingerprint density at radius 3 is 2.89 bits per heavy atom. The molecule has 1 aromatic heterocycles. The smallest absolute Gasteiger partial charge is 0.0521 e. The Balaban J connectivity index is 1.99. The van der Waals surface area contributed by atoms with Crippen LogP contribution >= 0.6 is 0 Å². The van der Waals surface area contributed by atoms with E-state index in [0.717, 1.165) is 24.3 Å². The highest BCUT2D eigenvalue weighted by Crippen LogP contribution is 2.35. The minimum absolute atomic E-state index is 0.829. The van der Waals surface area contributed by atoms with Crippen molar-refractivity contribution >= 4 is 0 Å². The number of rotatable bonds is 5. The van der Waals surface area contributed by atoms with Gasteiger partial charge in [-0.25, -0.2) is 0 Å². The summed E-state index contributed by atoms with van der Waals surface area (Å²) in [7, 11) is 2.07. The zero-order valence-electron chi connectivity index (χ0n) is 12.0. The van der Waals surface area contributed by atoms with Gasteiger partial charge in [-0.3, -0.25) is 4.68 Å². The molecule has 18 heavy (non-hydrogen) atoms. The first-order valence-corrected chi connectivity index (χ1v) is 7.38. The van der Waals surface area contributed by atoms with Crippen LogP contribution < -0.4 is 5.32 Å². The van der Waals surface area contributed by atoms with Gasteiger partial charge in [-0.15, -0.1) is 0 Å². The molecule has 0 amide bonds. The van der Waals surface area contributed by atoms with E-state index in [0.29, 0.717) is 0 Å². The number of aromatic nitrogens is 2. The van der Waals surface area contributed by atoms with Crippen LogP contribution in [0.3, 0.4) is 0 Å². The number of hydrogen-bond donors (Lipinski definition) is 1. The van der Waals surface area contributed by atoms with E-state index in [1.54, 1.807) is 0 Å². The first-order valence-electron chi connectivity index (χ1n) is 7.38. The van der Waals surface area contributed by atoms with Gasteiger partial charge in [0.1, 0.15) is 0 Å². The van der Waals surface area contributed by atoms with E-state index >= 15 is 0 Å². The van der Waals surface area contributed by atoms with Crippen molar-refractivity contribution in [1.29, 1.82) is 0 Å². The van der Waals surface area contributed by atoms with Crippen molar-refractivity contribution in [3.63, 3.8) is 0 Å². The largest absolute Gasteiger partial charge is 0.319 e. The van der Waals surface area contributed by atoms with Crippen LogP contribution in [-0.4, -0.2) is 23.4 Å². The van der Waals surface area contributed by atoms with Gasteiger partial charge in [0.15, 0.2) is 0 Å². The number of aryl methyl sites for hydroxylation is 1. The molecule has 1 saturated carbocycles. The van der Waals surface area contributed by atoms with Crippen LogP contribution in [0.1, 0.15) is 38.7 Å². The van der Waals surface area contributed by atoms with E-state index in [2.05, 4.69) is 43.7 Å². The van der Waals surface area contributed by atoms with Crippen LogP contribution in [0.15, 0.2) is 12.4 Å². The van der Waals surface area contributed by atoms with Gasteiger partial charge in [-0.1, -0.05) is 13.3 Å². The van der Waals surface area contributed by atoms with E-state index < -0.39 is 0 Å². The maximum absolute atomic E-state index is 4.39. The lowest BCUT2D eigenvalue weighted by Crippen LogP contribution is -2.32. The first kappa shape index (κ1) is 13.6. The van der Waals surface area contributed by atoms with Crippen molar-refractivity contribution in [2.24, 2.45) is 17.8 Å². The van der Waals surface area contributed by atoms with Crippen LogP contribution in [0.2, 0.25) is 0 Å². The van der Waals surface area contributed by atoms with E-state index in [-0.39, 0.29) is 0 Å². The molecular formula is C15H27N3. The number of hydrogen-bond acceptors (Lipinski definition) is 2. The van der Waals surface area contributed by atoms with Crippen LogP contribution in [0.5, 0.6) is 0 Å². The van der Waals surface area contributed by atoms with Crippen LogP contribution in [0.4, 0.5) is 0 Å². The molecule has 0 saturated heterocycles. The van der Waals surface area contributed by atoms with Crippen LogP contribution in [0, 0.1) is 17.8 Å². The van der Waals surface area contributed by atoms with Crippen molar-refractivity contribution < 1.29 is 0 Å². The first-order chi connectivity index (χ1) is 8.72. The van der Waals surface area contributed by atoms with Crippen molar-refractivity contribution in [3.05, 3.63) is 18.0 Å². The fourth-order valence-electron chi connectivity index (χ4n) is 3.33. The van der Waals surface area contributed by atoms with Crippen molar-refractivity contribution in [1.82, 2.24) is 15.1 Å². The van der Waals surface area contributed by atoms with Gasteiger partial charge >= 0.3 is 0 Å². The Kier molecular flexibility index (Phi) is 4.81. The predicted molar refractivity (Wildman–Crippen MR) is 75.5 cm³/mol. The minimum Gasteiger partial charge on any atom is -0.319 e. The summed E-state index contributed by atoms with van der Waals surface area (Å²) < 4.78 is 2.04. The zero-order valence-corrected chi connectivity index (χ0v) is 12.0. The standard InChI is InChI=1S/C15H27N3/c1-4-18-11-13(9-17-18)8-15-7-12(2)5-6-14(15)10-16-3/h9,11-12,14-16H,4-8,10H2,1-3H3. The van der Waals surface area contributed by atoms with Gasteiger partial charge in [0.2, 0.25) is 0 Å². The summed E-state index contributed by atoms with van der Waals surface area (Å²) in [4.78, 5) is 0. The fraction of sp³-hybridized carbons (Fsp3) is 0.800. The van der Waals surface area contributed by atoms with Gasteiger partial charge in [0.05, 0.1) is 6.20 Å². The van der Waals surface area contributed by atoms with E-state index in [9.17, 15) is 0 Å². The average Bonchev–Trinajstić information content (AvgIpc) is 2.80. The van der Waals surface area contributed by atoms with Gasteiger partial charge in [0.25, 0.3) is 0 Å². The Labute approximate surface area is 111 Å². The summed E-state index contributed by atoms with van der Waals surface area (Å²) in [6.07, 6.45) is 9.64. The van der Waals surface area contributed by atoms with Gasteiger partial charge in [-0.05, 0) is 63.1 Å². The summed E-state index contributed by atoms with van der Waals surface area (Å²) in [5, 5.41) is 7.75. The molecule has 3 atom stereocenters. The highest BCUT2D eigenvalue weighted by atomic mass is 15.3. The quantitative estimate of drug-likeness (QED) is 0.869. The lowest BCUT2D eigenvalue weighted by molar-refractivity contribution is 0.186. The second kappa shape index (κ2) is 6.37. The lowest BCUT2D eigenvalue weighted by atomic mass is 9.72. The van der Waals surface area contributed by atoms with E-state index in [1.807, 2.05) is 4.68 Å². The molecule has 1 aromatic rings. The molecule has 0 aromatic carbocycles. The monoisotopic (exact) mass is 249 g/mol. The second-order valence-electron chi connectivity index (χ2n) is 5.90. The summed E-state index contributed by atoms with van der Waals surface area (Å²) in [5.74, 6) is 2.57. The molecular weight excluding hydrogens is 222 g/mol. The molecule has 1 aliphatic carbocycles. The summed E-state index contributed by atoms with van der Waals surface area (Å²) in [5.41, 5.74) is 1.41. The molecule has 3 unspecified atom stereocenters. The molecule has 3 heteroatoms. The van der Waals surface area contributed by atoms with Crippen LogP contribution in [-0.2, 0) is 13.0 Å². The van der Waals surface area contributed by atoms with E-state index in [4.69, 9.17) is 0 Å². The third kappa shape index (κ3) is 3.35. The molecule has 1 N–H and O–H groups in total. The predicted octanol–water partition coefficient (Wildman–Crippen LogP) is 2.72.